The van der Waals surface area contributed by atoms with E-state index in [0.717, 1.165) is 5.76 Å². The second-order valence-electron chi connectivity index (χ2n) is 3.36. The number of hydrogen-bond acceptors (Lipinski definition) is 3. The predicted molar refractivity (Wildman–Crippen MR) is 63.5 cm³/mol. The molecule has 0 atom stereocenters. The molecule has 0 amide bonds. The van der Waals surface area contributed by atoms with E-state index in [9.17, 15) is 8.78 Å². The number of rotatable bonds is 6. The lowest BCUT2D eigenvalue weighted by Gasteiger charge is -2.04. The van der Waals surface area contributed by atoms with E-state index >= 15 is 0 Å². The molecule has 0 saturated carbocycles. The monoisotopic (exact) mass is 258 g/mol. The second kappa shape index (κ2) is 5.77. The van der Waals surface area contributed by atoms with Crippen molar-refractivity contribution in [3.63, 3.8) is 0 Å². The third kappa shape index (κ3) is 3.81. The molecule has 0 aliphatic heterocycles. The van der Waals surface area contributed by atoms with E-state index in [1.165, 1.54) is 0 Å². The predicted octanol–water partition coefficient (Wildman–Crippen LogP) is 3.28. The van der Waals surface area contributed by atoms with Gasteiger partial charge in [-0.2, -0.15) is 8.78 Å². The van der Waals surface area contributed by atoms with Gasteiger partial charge < -0.3 is 9.84 Å². The van der Waals surface area contributed by atoms with Crippen molar-refractivity contribution in [3.8, 4) is 0 Å². The maximum Gasteiger partial charge on any atom is 0.284 e. The fourth-order valence-electron chi connectivity index (χ4n) is 1.35. The van der Waals surface area contributed by atoms with Gasteiger partial charge in [-0.15, -0.1) is 0 Å². The van der Waals surface area contributed by atoms with Crippen molar-refractivity contribution in [3.05, 3.63) is 48.2 Å². The molecule has 0 saturated heterocycles. The zero-order chi connectivity index (χ0) is 12.1. The van der Waals surface area contributed by atoms with Crippen LogP contribution >= 0.6 is 11.8 Å². The van der Waals surface area contributed by atoms with Gasteiger partial charge in [0.2, 0.25) is 0 Å². The van der Waals surface area contributed by atoms with E-state index in [1.807, 2.05) is 24.5 Å². The molecule has 0 bridgehead atoms. The summed E-state index contributed by atoms with van der Waals surface area (Å²) in [6, 6.07) is 7.32. The molecule has 2 aromatic rings. The minimum atomic E-state index is -2.36. The van der Waals surface area contributed by atoms with Gasteiger partial charge in [0.1, 0.15) is 11.5 Å². The number of nitrogens with one attached hydrogen (secondary N) is 1. The normalized spacial score (nSPS) is 11.0. The van der Waals surface area contributed by atoms with Gasteiger partial charge in [0.15, 0.2) is 0 Å². The molecular formula is C11H12F2N2OS. The number of aromatic nitrogens is 1. The van der Waals surface area contributed by atoms with Crippen LogP contribution in [-0.2, 0) is 12.3 Å². The molecule has 92 valence electrons. The number of alkyl halides is 2. The summed E-state index contributed by atoms with van der Waals surface area (Å²) in [6.45, 7) is 0.522. The van der Waals surface area contributed by atoms with Crippen LogP contribution in [0.15, 0.2) is 41.1 Å². The Hall–Kier alpha value is -1.43. The molecule has 0 radical (unpaired) electrons. The van der Waals surface area contributed by atoms with Crippen LogP contribution in [0, 0.1) is 0 Å². The minimum Gasteiger partial charge on any atom is -0.463 e. The zero-order valence-electron chi connectivity index (χ0n) is 8.98. The molecule has 2 aromatic heterocycles. The van der Waals surface area contributed by atoms with Crippen LogP contribution in [-0.4, -0.2) is 10.4 Å². The smallest absolute Gasteiger partial charge is 0.284 e. The summed E-state index contributed by atoms with van der Waals surface area (Å²) in [7, 11) is 0. The molecule has 3 nitrogen and oxygen atoms in total. The first-order valence-electron chi connectivity index (χ1n) is 5.08. The van der Waals surface area contributed by atoms with Crippen molar-refractivity contribution >= 4 is 11.8 Å². The van der Waals surface area contributed by atoms with E-state index in [2.05, 4.69) is 5.43 Å². The van der Waals surface area contributed by atoms with Crippen molar-refractivity contribution in [2.24, 2.45) is 0 Å². The summed E-state index contributed by atoms with van der Waals surface area (Å²) in [4.78, 5) is 0. The maximum atomic E-state index is 12.0. The number of furan rings is 1. The Balaban J connectivity index is 1.81. The first-order valence-corrected chi connectivity index (χ1v) is 6.13. The molecule has 0 aliphatic carbocycles. The molecule has 0 unspecified atom stereocenters. The van der Waals surface area contributed by atoms with Gasteiger partial charge in [-0.3, -0.25) is 4.68 Å². The maximum absolute atomic E-state index is 12.0. The minimum absolute atomic E-state index is 0.196. The highest BCUT2D eigenvalue weighted by Gasteiger charge is 2.07. The van der Waals surface area contributed by atoms with Gasteiger partial charge in [0.25, 0.3) is 5.76 Å². The van der Waals surface area contributed by atoms with Crippen molar-refractivity contribution in [1.29, 1.82) is 0 Å². The molecule has 1 N–H and O–H groups in total. The Bertz CT molecular complexity index is 442. The largest absolute Gasteiger partial charge is 0.463 e. The van der Waals surface area contributed by atoms with Crippen LogP contribution in [0.3, 0.4) is 0 Å². The Morgan fingerprint density at radius 3 is 2.65 bits per heavy atom. The summed E-state index contributed by atoms with van der Waals surface area (Å²) in [5.41, 5.74) is 3.09. The zero-order valence-corrected chi connectivity index (χ0v) is 9.79. The fraction of sp³-hybridized carbons (Fsp3) is 0.273. The number of halogens is 2. The number of thioether (sulfide) groups is 1. The molecule has 6 heteroatoms. The molecule has 0 fully saturated rings. The highest BCUT2D eigenvalue weighted by Crippen LogP contribution is 2.21. The van der Waals surface area contributed by atoms with E-state index < -0.39 is 5.76 Å². The highest BCUT2D eigenvalue weighted by molar-refractivity contribution is 7.98. The van der Waals surface area contributed by atoms with E-state index in [1.54, 1.807) is 16.8 Å². The van der Waals surface area contributed by atoms with Gasteiger partial charge in [-0.1, -0.05) is 11.8 Å². The summed E-state index contributed by atoms with van der Waals surface area (Å²) in [6.07, 6.45) is 3.74. The first kappa shape index (κ1) is 12.0. The Labute approximate surface area is 102 Å². The molecule has 2 heterocycles. The van der Waals surface area contributed by atoms with Gasteiger partial charge in [-0.05, 0) is 24.3 Å². The molecular weight excluding hydrogens is 246 g/mol. The van der Waals surface area contributed by atoms with Crippen LogP contribution < -0.4 is 5.43 Å². The van der Waals surface area contributed by atoms with Gasteiger partial charge in [0, 0.05) is 12.4 Å². The SMILES string of the molecule is FC(F)SCc1ccc(CNn2cccc2)o1. The van der Waals surface area contributed by atoms with Crippen LogP contribution in [0.2, 0.25) is 0 Å². The Morgan fingerprint density at radius 2 is 1.94 bits per heavy atom. The van der Waals surface area contributed by atoms with Crippen molar-refractivity contribution in [2.75, 3.05) is 5.43 Å². The molecule has 0 spiro atoms. The van der Waals surface area contributed by atoms with Crippen molar-refractivity contribution in [2.45, 2.75) is 18.1 Å². The van der Waals surface area contributed by atoms with E-state index in [-0.39, 0.29) is 5.75 Å². The fourth-order valence-corrected chi connectivity index (χ4v) is 1.79. The van der Waals surface area contributed by atoms with Crippen molar-refractivity contribution < 1.29 is 13.2 Å². The van der Waals surface area contributed by atoms with E-state index in [4.69, 9.17) is 4.42 Å². The van der Waals surface area contributed by atoms with Gasteiger partial charge in [0.05, 0.1) is 12.3 Å². The number of hydrogen-bond donors (Lipinski definition) is 1. The molecule has 0 aliphatic rings. The Morgan fingerprint density at radius 1 is 1.24 bits per heavy atom. The average molecular weight is 258 g/mol. The van der Waals surface area contributed by atoms with Gasteiger partial charge in [-0.25, -0.2) is 0 Å². The summed E-state index contributed by atoms with van der Waals surface area (Å²) < 4.78 is 31.1. The quantitative estimate of drug-likeness (QED) is 0.862. The average Bonchev–Trinajstić information content (AvgIpc) is 2.95. The highest BCUT2D eigenvalue weighted by atomic mass is 32.2. The summed E-state index contributed by atoms with van der Waals surface area (Å²) in [5, 5.41) is 0. The van der Waals surface area contributed by atoms with E-state index in [0.29, 0.717) is 24.1 Å². The van der Waals surface area contributed by atoms with Gasteiger partial charge >= 0.3 is 0 Å². The van der Waals surface area contributed by atoms with Crippen molar-refractivity contribution in [1.82, 2.24) is 4.68 Å². The lowest BCUT2D eigenvalue weighted by atomic mass is 10.4. The lowest BCUT2D eigenvalue weighted by molar-refractivity contribution is 0.251. The van der Waals surface area contributed by atoms with Crippen LogP contribution in [0.4, 0.5) is 8.78 Å². The molecule has 17 heavy (non-hydrogen) atoms. The topological polar surface area (TPSA) is 30.1 Å². The number of nitrogens with zero attached hydrogens (tertiary/aromatic N) is 1. The summed E-state index contributed by atoms with van der Waals surface area (Å²) >= 11 is 0.561. The lowest BCUT2D eigenvalue weighted by Crippen LogP contribution is -2.11. The standard InChI is InChI=1S/C11H12F2N2OS/c12-11(13)17-8-10-4-3-9(16-10)7-14-15-5-1-2-6-15/h1-6,11,14H,7-8H2. The second-order valence-corrected chi connectivity index (χ2v) is 4.34. The van der Waals surface area contributed by atoms with Crippen LogP contribution in [0.1, 0.15) is 11.5 Å². The third-order valence-electron chi connectivity index (χ3n) is 2.11. The Kier molecular flexibility index (Phi) is 4.08. The summed E-state index contributed by atoms with van der Waals surface area (Å²) in [5.74, 6) is -0.869. The molecule has 2 rings (SSSR count). The third-order valence-corrected chi connectivity index (χ3v) is 2.81. The van der Waals surface area contributed by atoms with Crippen LogP contribution in [0.25, 0.3) is 0 Å². The van der Waals surface area contributed by atoms with Crippen LogP contribution in [0.5, 0.6) is 0 Å². The molecule has 0 aromatic carbocycles. The first-order chi connectivity index (χ1) is 8.24.